The summed E-state index contributed by atoms with van der Waals surface area (Å²) < 4.78 is 26.0. The lowest BCUT2D eigenvalue weighted by molar-refractivity contribution is -0.140. The maximum absolute atomic E-state index is 13.3. The van der Waals surface area contributed by atoms with Gasteiger partial charge in [0.05, 0.1) is 11.9 Å². The smallest absolute Gasteiger partial charge is 0.242 e. The van der Waals surface area contributed by atoms with Crippen molar-refractivity contribution in [1.82, 2.24) is 10.2 Å². The summed E-state index contributed by atoms with van der Waals surface area (Å²) in [4.78, 5) is 27.7. The molecule has 9 heteroatoms. The molecular weight excluding hydrogens is 486 g/mol. The van der Waals surface area contributed by atoms with Crippen molar-refractivity contribution in [3.8, 4) is 0 Å². The van der Waals surface area contributed by atoms with Gasteiger partial charge in [-0.25, -0.2) is 8.42 Å². The van der Waals surface area contributed by atoms with Gasteiger partial charge in [0.25, 0.3) is 0 Å². The van der Waals surface area contributed by atoms with E-state index in [1.165, 1.54) is 4.31 Å². The van der Waals surface area contributed by atoms with Gasteiger partial charge in [0.15, 0.2) is 0 Å². The molecule has 0 saturated heterocycles. The third kappa shape index (κ3) is 8.85. The Bertz CT molecular complexity index is 1110. The molecule has 192 valence electrons. The largest absolute Gasteiger partial charge is 0.352 e. The van der Waals surface area contributed by atoms with E-state index in [0.717, 1.165) is 23.8 Å². The van der Waals surface area contributed by atoms with Crippen LogP contribution in [0.2, 0.25) is 5.02 Å². The second kappa shape index (κ2) is 12.9. The molecule has 0 radical (unpaired) electrons. The fourth-order valence-electron chi connectivity index (χ4n) is 3.57. The van der Waals surface area contributed by atoms with Crippen LogP contribution in [-0.4, -0.2) is 50.0 Å². The Balaban J connectivity index is 2.16. The van der Waals surface area contributed by atoms with Crippen LogP contribution in [0, 0.1) is 6.92 Å². The molecule has 35 heavy (non-hydrogen) atoms. The molecule has 1 N–H and O–H groups in total. The fourth-order valence-corrected chi connectivity index (χ4v) is 4.72. The van der Waals surface area contributed by atoms with E-state index in [4.69, 9.17) is 11.6 Å². The third-order valence-corrected chi connectivity index (χ3v) is 7.32. The zero-order chi connectivity index (χ0) is 26.2. The molecule has 2 aromatic carbocycles. The lowest BCUT2D eigenvalue weighted by Gasteiger charge is -2.30. The molecule has 0 aliphatic heterocycles. The molecule has 2 rings (SSSR count). The van der Waals surface area contributed by atoms with Crippen molar-refractivity contribution in [2.45, 2.75) is 65.6 Å². The predicted octanol–water partition coefficient (Wildman–Crippen LogP) is 4.53. The number of nitrogens with zero attached hydrogens (tertiary/aromatic N) is 2. The molecule has 2 unspecified atom stereocenters. The van der Waals surface area contributed by atoms with Gasteiger partial charge in [0, 0.05) is 30.6 Å². The molecule has 0 aromatic heterocycles. The standard InChI is InChI=1S/C26H36ClN3O4S/c1-6-20(3)28-26(32)21(4)29(18-22-14-12-19(2)13-15-22)25(31)11-8-16-30(35(5,33)34)24-10-7-9-23(27)17-24/h7,9-10,12-15,17,20-21H,6,8,11,16,18H2,1-5H3,(H,28,32). The molecule has 2 aromatic rings. The van der Waals surface area contributed by atoms with Crippen molar-refractivity contribution in [3.63, 3.8) is 0 Å². The number of carbonyl (C=O) groups is 2. The van der Waals surface area contributed by atoms with Crippen molar-refractivity contribution >= 4 is 39.1 Å². The summed E-state index contributed by atoms with van der Waals surface area (Å²) in [6.07, 6.45) is 2.30. The van der Waals surface area contributed by atoms with E-state index < -0.39 is 16.1 Å². The van der Waals surface area contributed by atoms with Gasteiger partial charge in [-0.2, -0.15) is 0 Å². The SMILES string of the molecule is CCC(C)NC(=O)C(C)N(Cc1ccc(C)cc1)C(=O)CCCN(c1cccc(Cl)c1)S(C)(=O)=O. The number of anilines is 1. The highest BCUT2D eigenvalue weighted by molar-refractivity contribution is 7.92. The molecule has 7 nitrogen and oxygen atoms in total. The van der Waals surface area contributed by atoms with Crippen LogP contribution in [0.15, 0.2) is 48.5 Å². The number of carbonyl (C=O) groups excluding carboxylic acids is 2. The number of aryl methyl sites for hydroxylation is 1. The van der Waals surface area contributed by atoms with Crippen molar-refractivity contribution in [2.24, 2.45) is 0 Å². The van der Waals surface area contributed by atoms with E-state index >= 15 is 0 Å². The van der Waals surface area contributed by atoms with Crippen LogP contribution < -0.4 is 9.62 Å². The van der Waals surface area contributed by atoms with Crippen molar-refractivity contribution in [2.75, 3.05) is 17.1 Å². The number of amides is 2. The van der Waals surface area contributed by atoms with E-state index in [2.05, 4.69) is 5.32 Å². The minimum absolute atomic E-state index is 0.00212. The molecule has 0 saturated carbocycles. The Morgan fingerprint density at radius 2 is 1.74 bits per heavy atom. The average molecular weight is 522 g/mol. The maximum atomic E-state index is 13.3. The first-order valence-corrected chi connectivity index (χ1v) is 14.0. The summed E-state index contributed by atoms with van der Waals surface area (Å²) in [5.74, 6) is -0.423. The van der Waals surface area contributed by atoms with Crippen LogP contribution in [0.1, 0.15) is 51.2 Å². The summed E-state index contributed by atoms with van der Waals surface area (Å²) in [7, 11) is -3.57. The lowest BCUT2D eigenvalue weighted by Crippen LogP contribution is -2.49. The molecule has 0 aliphatic carbocycles. The van der Waals surface area contributed by atoms with Crippen LogP contribution in [0.3, 0.4) is 0 Å². The van der Waals surface area contributed by atoms with E-state index in [-0.39, 0.29) is 37.4 Å². The highest BCUT2D eigenvalue weighted by Crippen LogP contribution is 2.22. The number of hydrogen-bond donors (Lipinski definition) is 1. The first kappa shape index (κ1) is 28.7. The zero-order valence-corrected chi connectivity index (χ0v) is 22.7. The molecule has 0 spiro atoms. The number of halogens is 1. The summed E-state index contributed by atoms with van der Waals surface area (Å²) in [5, 5.41) is 3.38. The second-order valence-corrected chi connectivity index (χ2v) is 11.3. The number of hydrogen-bond acceptors (Lipinski definition) is 4. The molecule has 0 aliphatic rings. The van der Waals surface area contributed by atoms with Gasteiger partial charge >= 0.3 is 0 Å². The summed E-state index contributed by atoms with van der Waals surface area (Å²) in [5.41, 5.74) is 2.48. The van der Waals surface area contributed by atoms with Gasteiger partial charge in [0.2, 0.25) is 21.8 Å². The Hall–Kier alpha value is -2.58. The summed E-state index contributed by atoms with van der Waals surface area (Å²) >= 11 is 6.04. The van der Waals surface area contributed by atoms with Gasteiger partial charge in [0.1, 0.15) is 6.04 Å². The number of rotatable bonds is 12. The highest BCUT2D eigenvalue weighted by atomic mass is 35.5. The Kier molecular flexibility index (Phi) is 10.6. The molecule has 0 fully saturated rings. The topological polar surface area (TPSA) is 86.8 Å². The molecule has 2 atom stereocenters. The lowest BCUT2D eigenvalue weighted by atomic mass is 10.1. The minimum Gasteiger partial charge on any atom is -0.352 e. The quantitative estimate of drug-likeness (QED) is 0.444. The van der Waals surface area contributed by atoms with E-state index in [1.807, 2.05) is 45.0 Å². The monoisotopic (exact) mass is 521 g/mol. The van der Waals surface area contributed by atoms with Gasteiger partial charge in [-0.15, -0.1) is 0 Å². The number of sulfonamides is 1. The normalized spacial score (nSPS) is 13.1. The van der Waals surface area contributed by atoms with Gasteiger partial charge in [-0.3, -0.25) is 13.9 Å². The average Bonchev–Trinajstić information content (AvgIpc) is 2.79. The first-order chi connectivity index (χ1) is 16.4. The Labute approximate surface area is 214 Å². The minimum atomic E-state index is -3.57. The van der Waals surface area contributed by atoms with E-state index in [9.17, 15) is 18.0 Å². The molecular formula is C26H36ClN3O4S. The van der Waals surface area contributed by atoms with Crippen molar-refractivity contribution in [3.05, 3.63) is 64.7 Å². The fraction of sp³-hybridized carbons (Fsp3) is 0.462. The van der Waals surface area contributed by atoms with Crippen LogP contribution >= 0.6 is 11.6 Å². The van der Waals surface area contributed by atoms with Gasteiger partial charge in [-0.1, -0.05) is 54.4 Å². The third-order valence-electron chi connectivity index (χ3n) is 5.89. The van der Waals surface area contributed by atoms with Crippen LogP contribution in [0.5, 0.6) is 0 Å². The van der Waals surface area contributed by atoms with Gasteiger partial charge in [-0.05, 0) is 57.4 Å². The second-order valence-electron chi connectivity index (χ2n) is 8.92. The van der Waals surface area contributed by atoms with Crippen molar-refractivity contribution < 1.29 is 18.0 Å². The molecule has 2 amide bonds. The predicted molar refractivity (Wildman–Crippen MR) is 142 cm³/mol. The van der Waals surface area contributed by atoms with Crippen molar-refractivity contribution in [1.29, 1.82) is 0 Å². The van der Waals surface area contributed by atoms with E-state index in [1.54, 1.807) is 36.1 Å². The summed E-state index contributed by atoms with van der Waals surface area (Å²) in [6, 6.07) is 13.8. The number of benzene rings is 2. The number of nitrogens with one attached hydrogen (secondary N) is 1. The maximum Gasteiger partial charge on any atom is 0.242 e. The Morgan fingerprint density at radius 3 is 2.31 bits per heavy atom. The highest BCUT2D eigenvalue weighted by Gasteiger charge is 2.27. The van der Waals surface area contributed by atoms with Crippen LogP contribution in [0.25, 0.3) is 0 Å². The van der Waals surface area contributed by atoms with Crippen LogP contribution in [-0.2, 0) is 26.2 Å². The van der Waals surface area contributed by atoms with E-state index in [0.29, 0.717) is 17.1 Å². The zero-order valence-electron chi connectivity index (χ0n) is 21.1. The molecule has 0 heterocycles. The van der Waals surface area contributed by atoms with Gasteiger partial charge < -0.3 is 10.2 Å². The summed E-state index contributed by atoms with van der Waals surface area (Å²) in [6.45, 7) is 8.03. The Morgan fingerprint density at radius 1 is 1.09 bits per heavy atom. The first-order valence-electron chi connectivity index (χ1n) is 11.8. The van der Waals surface area contributed by atoms with Crippen LogP contribution in [0.4, 0.5) is 5.69 Å². The molecule has 0 bridgehead atoms.